The fraction of sp³-hybridized carbons (Fsp3) is 0.263. The van der Waals surface area contributed by atoms with E-state index in [4.69, 9.17) is 11.6 Å². The molecule has 0 spiro atoms. The van der Waals surface area contributed by atoms with E-state index in [9.17, 15) is 22.8 Å². The van der Waals surface area contributed by atoms with E-state index in [1.165, 1.54) is 6.07 Å². The Bertz CT molecular complexity index is 867. The zero-order valence-corrected chi connectivity index (χ0v) is 15.5. The van der Waals surface area contributed by atoms with Crippen LogP contribution in [0.25, 0.3) is 0 Å². The molecule has 144 valence electrons. The fourth-order valence-electron chi connectivity index (χ4n) is 2.59. The van der Waals surface area contributed by atoms with E-state index < -0.39 is 35.7 Å². The molecule has 2 aromatic carbocycles. The molecule has 0 bridgehead atoms. The smallest absolute Gasteiger partial charge is 0.325 e. The number of rotatable bonds is 5. The second-order valence-corrected chi connectivity index (χ2v) is 6.36. The average molecular weight is 399 g/mol. The molecule has 4 nitrogen and oxygen atoms in total. The largest absolute Gasteiger partial charge is 0.418 e. The van der Waals surface area contributed by atoms with Crippen molar-refractivity contribution in [1.82, 2.24) is 0 Å². The number of hydrogen-bond acceptors (Lipinski definition) is 2. The summed E-state index contributed by atoms with van der Waals surface area (Å²) < 4.78 is 39.2. The van der Waals surface area contributed by atoms with Crippen molar-refractivity contribution in [3.05, 3.63) is 58.1 Å². The van der Waals surface area contributed by atoms with Crippen molar-refractivity contribution in [2.75, 3.05) is 10.6 Å². The minimum absolute atomic E-state index is 0.107. The maximum absolute atomic E-state index is 13.1. The third-order valence-electron chi connectivity index (χ3n) is 3.89. The number of amides is 2. The lowest BCUT2D eigenvalue weighted by molar-refractivity contribution is -0.137. The molecule has 0 fully saturated rings. The van der Waals surface area contributed by atoms with Crippen molar-refractivity contribution in [2.45, 2.75) is 32.9 Å². The van der Waals surface area contributed by atoms with Gasteiger partial charge in [0.05, 0.1) is 11.3 Å². The number of anilines is 2. The molecule has 0 saturated heterocycles. The standard InChI is InChI=1S/C19H18ClF3N2O2/c1-3-12-6-4-5-11(2)18(12)25-17(27)10-16(26)24-15-8-7-13(20)9-14(15)19(21,22)23/h4-9H,3,10H2,1-2H3,(H,24,26)(H,25,27). The monoisotopic (exact) mass is 398 g/mol. The van der Waals surface area contributed by atoms with Gasteiger partial charge in [0.1, 0.15) is 6.42 Å². The van der Waals surface area contributed by atoms with Gasteiger partial charge in [-0.2, -0.15) is 13.2 Å². The zero-order valence-electron chi connectivity index (χ0n) is 14.7. The van der Waals surface area contributed by atoms with Crippen LogP contribution in [0.3, 0.4) is 0 Å². The van der Waals surface area contributed by atoms with Crippen LogP contribution in [0.4, 0.5) is 24.5 Å². The predicted molar refractivity (Wildman–Crippen MR) is 98.9 cm³/mol. The SMILES string of the molecule is CCc1cccc(C)c1NC(=O)CC(=O)Nc1ccc(Cl)cc1C(F)(F)F. The van der Waals surface area contributed by atoms with Gasteiger partial charge in [-0.15, -0.1) is 0 Å². The van der Waals surface area contributed by atoms with Gasteiger partial charge in [-0.3, -0.25) is 9.59 Å². The number of halogens is 4. The number of hydrogen-bond donors (Lipinski definition) is 2. The van der Waals surface area contributed by atoms with Crippen LogP contribution in [0.2, 0.25) is 5.02 Å². The minimum atomic E-state index is -4.69. The van der Waals surface area contributed by atoms with Gasteiger partial charge in [0.2, 0.25) is 11.8 Å². The second kappa shape index (κ2) is 8.43. The molecule has 0 heterocycles. The van der Waals surface area contributed by atoms with Crippen LogP contribution in [0.15, 0.2) is 36.4 Å². The molecule has 2 rings (SSSR count). The van der Waals surface area contributed by atoms with Gasteiger partial charge < -0.3 is 10.6 Å². The Morgan fingerprint density at radius 2 is 1.74 bits per heavy atom. The maximum atomic E-state index is 13.1. The normalized spacial score (nSPS) is 11.2. The molecule has 8 heteroatoms. The summed E-state index contributed by atoms with van der Waals surface area (Å²) in [5, 5.41) is 4.68. The van der Waals surface area contributed by atoms with E-state index in [-0.39, 0.29) is 5.02 Å². The van der Waals surface area contributed by atoms with E-state index in [1.807, 2.05) is 32.0 Å². The third kappa shape index (κ3) is 5.47. The Balaban J connectivity index is 2.10. The summed E-state index contributed by atoms with van der Waals surface area (Å²) in [5.41, 5.74) is 0.826. The van der Waals surface area contributed by atoms with E-state index in [0.29, 0.717) is 12.1 Å². The predicted octanol–water partition coefficient (Wildman–Crippen LogP) is 5.20. The lowest BCUT2D eigenvalue weighted by Gasteiger charge is -2.15. The molecular weight excluding hydrogens is 381 g/mol. The van der Waals surface area contributed by atoms with Gasteiger partial charge in [-0.25, -0.2) is 0 Å². The first-order valence-corrected chi connectivity index (χ1v) is 8.54. The summed E-state index contributed by atoms with van der Waals surface area (Å²) in [4.78, 5) is 24.2. The Morgan fingerprint density at radius 1 is 1.07 bits per heavy atom. The Kier molecular flexibility index (Phi) is 6.49. The van der Waals surface area contributed by atoms with Gasteiger partial charge >= 0.3 is 6.18 Å². The molecule has 27 heavy (non-hydrogen) atoms. The van der Waals surface area contributed by atoms with Crippen molar-refractivity contribution in [3.63, 3.8) is 0 Å². The molecule has 2 aromatic rings. The number of alkyl halides is 3. The molecule has 0 radical (unpaired) electrons. The average Bonchev–Trinajstić information content (AvgIpc) is 2.57. The lowest BCUT2D eigenvalue weighted by Crippen LogP contribution is -2.23. The summed E-state index contributed by atoms with van der Waals surface area (Å²) in [7, 11) is 0. The summed E-state index contributed by atoms with van der Waals surface area (Å²) in [6, 6.07) is 8.53. The first-order chi connectivity index (χ1) is 12.6. The summed E-state index contributed by atoms with van der Waals surface area (Å²) >= 11 is 5.60. The number of aryl methyl sites for hydroxylation is 2. The van der Waals surface area contributed by atoms with Gasteiger partial charge in [-0.05, 0) is 42.7 Å². The van der Waals surface area contributed by atoms with Crippen LogP contribution in [-0.2, 0) is 22.2 Å². The van der Waals surface area contributed by atoms with Crippen molar-refractivity contribution in [2.24, 2.45) is 0 Å². The van der Waals surface area contributed by atoms with E-state index in [1.54, 1.807) is 0 Å². The highest BCUT2D eigenvalue weighted by atomic mass is 35.5. The Hall–Kier alpha value is -2.54. The van der Waals surface area contributed by atoms with Crippen molar-refractivity contribution in [1.29, 1.82) is 0 Å². The number of nitrogens with one attached hydrogen (secondary N) is 2. The van der Waals surface area contributed by atoms with Crippen LogP contribution in [0, 0.1) is 6.92 Å². The zero-order chi connectivity index (χ0) is 20.2. The summed E-state index contributed by atoms with van der Waals surface area (Å²) in [6.45, 7) is 3.74. The maximum Gasteiger partial charge on any atom is 0.418 e. The molecule has 0 aliphatic heterocycles. The van der Waals surface area contributed by atoms with Crippen LogP contribution in [0.5, 0.6) is 0 Å². The number of para-hydroxylation sites is 1. The first-order valence-electron chi connectivity index (χ1n) is 8.16. The van der Waals surface area contributed by atoms with Crippen molar-refractivity contribution in [3.8, 4) is 0 Å². The quantitative estimate of drug-likeness (QED) is 0.680. The van der Waals surface area contributed by atoms with Gasteiger partial charge in [0, 0.05) is 10.7 Å². The van der Waals surface area contributed by atoms with Gasteiger partial charge in [-0.1, -0.05) is 36.7 Å². The highest BCUT2D eigenvalue weighted by Gasteiger charge is 2.34. The van der Waals surface area contributed by atoms with Crippen LogP contribution >= 0.6 is 11.6 Å². The van der Waals surface area contributed by atoms with Crippen LogP contribution in [0.1, 0.15) is 30.0 Å². The number of benzene rings is 2. The van der Waals surface area contributed by atoms with Crippen LogP contribution < -0.4 is 10.6 Å². The Morgan fingerprint density at radius 3 is 2.37 bits per heavy atom. The molecule has 0 atom stereocenters. The van der Waals surface area contributed by atoms with Crippen LogP contribution in [-0.4, -0.2) is 11.8 Å². The third-order valence-corrected chi connectivity index (χ3v) is 4.12. The lowest BCUT2D eigenvalue weighted by atomic mass is 10.1. The van der Waals surface area contributed by atoms with E-state index >= 15 is 0 Å². The second-order valence-electron chi connectivity index (χ2n) is 5.92. The van der Waals surface area contributed by atoms with E-state index in [0.717, 1.165) is 23.3 Å². The van der Waals surface area contributed by atoms with Gasteiger partial charge in [0.25, 0.3) is 0 Å². The molecule has 0 aliphatic rings. The molecule has 0 saturated carbocycles. The van der Waals surface area contributed by atoms with Gasteiger partial charge in [0.15, 0.2) is 0 Å². The molecule has 0 aliphatic carbocycles. The topological polar surface area (TPSA) is 58.2 Å². The molecule has 2 N–H and O–H groups in total. The summed E-state index contributed by atoms with van der Waals surface area (Å²) in [6.07, 6.45) is -4.62. The molecular formula is C19H18ClF3N2O2. The van der Waals surface area contributed by atoms with Crippen molar-refractivity contribution < 1.29 is 22.8 Å². The summed E-state index contributed by atoms with van der Waals surface area (Å²) in [5.74, 6) is -1.47. The highest BCUT2D eigenvalue weighted by Crippen LogP contribution is 2.36. The molecule has 2 amide bonds. The minimum Gasteiger partial charge on any atom is -0.325 e. The molecule has 0 unspecified atom stereocenters. The van der Waals surface area contributed by atoms with E-state index in [2.05, 4.69) is 10.6 Å². The number of carbonyl (C=O) groups excluding carboxylic acids is 2. The highest BCUT2D eigenvalue weighted by molar-refractivity contribution is 6.30. The van der Waals surface area contributed by atoms with Crippen molar-refractivity contribution >= 4 is 34.8 Å². The fourth-order valence-corrected chi connectivity index (χ4v) is 2.76. The number of carbonyl (C=O) groups is 2. The molecule has 0 aromatic heterocycles. The Labute approximate surface area is 159 Å². The first kappa shape index (κ1) is 20.8.